The van der Waals surface area contributed by atoms with Crippen LogP contribution in [0.1, 0.15) is 4.88 Å². The van der Waals surface area contributed by atoms with Gasteiger partial charge in [-0.3, -0.25) is 4.79 Å². The van der Waals surface area contributed by atoms with Crippen LogP contribution in [0.15, 0.2) is 34.5 Å². The normalized spacial score (nSPS) is 17.0. The summed E-state index contributed by atoms with van der Waals surface area (Å²) in [6.07, 6.45) is -0.0161. The number of nitrogens with zero attached hydrogens (tertiary/aromatic N) is 1. The van der Waals surface area contributed by atoms with Crippen LogP contribution in [0, 0.1) is 0 Å². The van der Waals surface area contributed by atoms with Crippen molar-refractivity contribution in [1.82, 2.24) is 4.31 Å². The zero-order valence-electron chi connectivity index (χ0n) is 14.3. The topological polar surface area (TPSA) is 91.4 Å². The molecule has 0 radical (unpaired) electrons. The molecular formula is C17H17NO7S2. The minimum Gasteiger partial charge on any atom is -0.454 e. The first-order valence-electron chi connectivity index (χ1n) is 8.29. The van der Waals surface area contributed by atoms with Crippen molar-refractivity contribution in [2.24, 2.45) is 0 Å². The number of hydrogen-bond donors (Lipinski definition) is 0. The van der Waals surface area contributed by atoms with E-state index in [2.05, 4.69) is 0 Å². The van der Waals surface area contributed by atoms with Gasteiger partial charge in [0.05, 0.1) is 19.6 Å². The van der Waals surface area contributed by atoms with E-state index in [0.29, 0.717) is 48.4 Å². The summed E-state index contributed by atoms with van der Waals surface area (Å²) in [6.45, 7) is 1.59. The average molecular weight is 411 g/mol. The van der Waals surface area contributed by atoms with E-state index in [4.69, 9.17) is 18.9 Å². The molecule has 2 aromatic rings. The summed E-state index contributed by atoms with van der Waals surface area (Å²) in [4.78, 5) is 12.8. The van der Waals surface area contributed by atoms with Crippen LogP contribution in [0.25, 0.3) is 0 Å². The molecule has 2 aliphatic rings. The quantitative estimate of drug-likeness (QED) is 0.546. The van der Waals surface area contributed by atoms with Crippen molar-refractivity contribution >= 4 is 27.3 Å². The highest BCUT2D eigenvalue weighted by Crippen LogP contribution is 2.35. The van der Waals surface area contributed by atoms with Crippen molar-refractivity contribution in [3.05, 3.63) is 35.2 Å². The second kappa shape index (κ2) is 7.47. The molecule has 1 aromatic heterocycles. The van der Waals surface area contributed by atoms with E-state index in [1.54, 1.807) is 24.3 Å². The Labute approximate surface area is 160 Å². The fourth-order valence-corrected chi connectivity index (χ4v) is 5.66. The van der Waals surface area contributed by atoms with Gasteiger partial charge in [-0.2, -0.15) is 4.31 Å². The lowest BCUT2D eigenvalue weighted by molar-refractivity contribution is -0.133. The number of rotatable bonds is 5. The standard InChI is InChI=1S/C17H17NO7S2/c19-16(25-12-1-3-14-15(9-12)24-11-23-14)10-13-2-4-17(26-13)27(20,21)18-5-7-22-8-6-18/h1-4,9H,5-8,10-11H2. The van der Waals surface area contributed by atoms with Gasteiger partial charge in [-0.1, -0.05) is 0 Å². The Bertz CT molecular complexity index is 948. The van der Waals surface area contributed by atoms with Crippen LogP contribution in [0.5, 0.6) is 17.2 Å². The molecule has 10 heteroatoms. The van der Waals surface area contributed by atoms with E-state index < -0.39 is 16.0 Å². The lowest BCUT2D eigenvalue weighted by atomic mass is 10.3. The van der Waals surface area contributed by atoms with Gasteiger partial charge in [0, 0.05) is 24.0 Å². The van der Waals surface area contributed by atoms with Gasteiger partial charge in [-0.25, -0.2) is 8.42 Å². The molecule has 1 aromatic carbocycles. The third-order valence-electron chi connectivity index (χ3n) is 4.10. The summed E-state index contributed by atoms with van der Waals surface area (Å²) in [7, 11) is -3.55. The summed E-state index contributed by atoms with van der Waals surface area (Å²) < 4.78 is 47.8. The highest BCUT2D eigenvalue weighted by atomic mass is 32.2. The molecule has 0 amide bonds. The van der Waals surface area contributed by atoms with Crippen molar-refractivity contribution < 1.29 is 32.2 Å². The molecule has 0 saturated carbocycles. The van der Waals surface area contributed by atoms with Crippen molar-refractivity contribution in [1.29, 1.82) is 0 Å². The third kappa shape index (κ3) is 3.93. The molecule has 3 heterocycles. The first-order valence-corrected chi connectivity index (χ1v) is 10.5. The summed E-state index contributed by atoms with van der Waals surface area (Å²) in [5.74, 6) is 0.995. The fraction of sp³-hybridized carbons (Fsp3) is 0.353. The van der Waals surface area contributed by atoms with E-state index in [1.807, 2.05) is 0 Å². The summed E-state index contributed by atoms with van der Waals surface area (Å²) in [5, 5.41) is 0. The summed E-state index contributed by atoms with van der Waals surface area (Å²) in [6, 6.07) is 8.04. The lowest BCUT2D eigenvalue weighted by Crippen LogP contribution is -2.40. The van der Waals surface area contributed by atoms with Gasteiger partial charge in [-0.15, -0.1) is 11.3 Å². The number of carbonyl (C=O) groups excluding carboxylic acids is 1. The van der Waals surface area contributed by atoms with Crippen LogP contribution in [0.4, 0.5) is 0 Å². The van der Waals surface area contributed by atoms with Crippen molar-refractivity contribution in [3.8, 4) is 17.2 Å². The van der Waals surface area contributed by atoms with E-state index in [9.17, 15) is 13.2 Å². The number of sulfonamides is 1. The van der Waals surface area contributed by atoms with Gasteiger partial charge in [0.15, 0.2) is 11.5 Å². The zero-order chi connectivity index (χ0) is 18.9. The summed E-state index contributed by atoms with van der Waals surface area (Å²) in [5.41, 5.74) is 0. The SMILES string of the molecule is O=C(Cc1ccc(S(=O)(=O)N2CCOCC2)s1)Oc1ccc2c(c1)OCO2. The summed E-state index contributed by atoms with van der Waals surface area (Å²) >= 11 is 1.08. The second-order valence-corrected chi connectivity index (χ2v) is 9.24. The number of carbonyl (C=O) groups is 1. The van der Waals surface area contributed by atoms with Crippen molar-refractivity contribution in [3.63, 3.8) is 0 Å². The molecule has 1 fully saturated rings. The van der Waals surface area contributed by atoms with Gasteiger partial charge in [0.25, 0.3) is 10.0 Å². The predicted octanol–water partition coefficient (Wildman–Crippen LogP) is 1.65. The molecule has 144 valence electrons. The molecule has 1 saturated heterocycles. The second-order valence-electron chi connectivity index (χ2n) is 5.90. The number of ether oxygens (including phenoxy) is 4. The molecule has 27 heavy (non-hydrogen) atoms. The Morgan fingerprint density at radius 3 is 2.70 bits per heavy atom. The third-order valence-corrected chi connectivity index (χ3v) is 7.55. The molecular weight excluding hydrogens is 394 g/mol. The highest BCUT2D eigenvalue weighted by Gasteiger charge is 2.28. The Morgan fingerprint density at radius 2 is 1.89 bits per heavy atom. The van der Waals surface area contributed by atoms with Gasteiger partial charge in [0.1, 0.15) is 9.96 Å². The van der Waals surface area contributed by atoms with E-state index >= 15 is 0 Å². The van der Waals surface area contributed by atoms with Gasteiger partial charge >= 0.3 is 5.97 Å². The molecule has 4 rings (SSSR count). The minimum atomic E-state index is -3.55. The maximum atomic E-state index is 12.6. The Balaban J connectivity index is 1.40. The molecule has 2 aliphatic heterocycles. The molecule has 0 atom stereocenters. The van der Waals surface area contributed by atoms with Crippen LogP contribution in [-0.2, 0) is 26.0 Å². The monoisotopic (exact) mass is 411 g/mol. The molecule has 0 unspecified atom stereocenters. The first-order chi connectivity index (χ1) is 13.0. The van der Waals surface area contributed by atoms with Crippen molar-refractivity contribution in [2.45, 2.75) is 10.6 Å². The van der Waals surface area contributed by atoms with Crippen LogP contribution in [-0.4, -0.2) is 51.8 Å². The van der Waals surface area contributed by atoms with Crippen LogP contribution >= 0.6 is 11.3 Å². The molecule has 0 N–H and O–H groups in total. The zero-order valence-corrected chi connectivity index (χ0v) is 15.9. The number of esters is 1. The number of thiophene rings is 1. The molecule has 0 bridgehead atoms. The van der Waals surface area contributed by atoms with Crippen molar-refractivity contribution in [2.75, 3.05) is 33.1 Å². The van der Waals surface area contributed by atoms with Gasteiger partial charge in [0.2, 0.25) is 6.79 Å². The number of hydrogen-bond acceptors (Lipinski definition) is 8. The molecule has 0 aliphatic carbocycles. The lowest BCUT2D eigenvalue weighted by Gasteiger charge is -2.25. The Kier molecular flexibility index (Phi) is 5.04. The maximum absolute atomic E-state index is 12.6. The van der Waals surface area contributed by atoms with E-state index in [1.165, 1.54) is 10.4 Å². The van der Waals surface area contributed by atoms with Crippen LogP contribution in [0.3, 0.4) is 0 Å². The van der Waals surface area contributed by atoms with Gasteiger partial charge in [-0.05, 0) is 24.3 Å². The Hall–Kier alpha value is -2.14. The number of benzene rings is 1. The van der Waals surface area contributed by atoms with E-state index in [-0.39, 0.29) is 17.4 Å². The number of fused-ring (bicyclic) bond motifs is 1. The fourth-order valence-electron chi connectivity index (χ4n) is 2.76. The maximum Gasteiger partial charge on any atom is 0.316 e. The van der Waals surface area contributed by atoms with Crippen LogP contribution in [0.2, 0.25) is 0 Å². The number of morpholine rings is 1. The van der Waals surface area contributed by atoms with E-state index in [0.717, 1.165) is 11.3 Å². The minimum absolute atomic E-state index is 0.0161. The average Bonchev–Trinajstić information content (AvgIpc) is 3.31. The van der Waals surface area contributed by atoms with Crippen LogP contribution < -0.4 is 14.2 Å². The largest absolute Gasteiger partial charge is 0.454 e. The molecule has 8 nitrogen and oxygen atoms in total. The van der Waals surface area contributed by atoms with Gasteiger partial charge < -0.3 is 18.9 Å². The highest BCUT2D eigenvalue weighted by molar-refractivity contribution is 7.91. The molecule has 0 spiro atoms. The first kappa shape index (κ1) is 18.2. The predicted molar refractivity (Wildman–Crippen MR) is 95.8 cm³/mol. The Morgan fingerprint density at radius 1 is 1.11 bits per heavy atom. The smallest absolute Gasteiger partial charge is 0.316 e.